The highest BCUT2D eigenvalue weighted by Crippen LogP contribution is 2.35. The molecule has 0 saturated carbocycles. The summed E-state index contributed by atoms with van der Waals surface area (Å²) in [5.41, 5.74) is 0.771. The molecule has 3 rings (SSSR count). The van der Waals surface area contributed by atoms with E-state index in [0.717, 1.165) is 5.56 Å². The third-order valence-electron chi connectivity index (χ3n) is 3.21. The van der Waals surface area contributed by atoms with Crippen LogP contribution in [-0.4, -0.2) is 46.5 Å². The number of aromatic nitrogens is 2. The fourth-order valence-corrected chi connectivity index (χ4v) is 2.07. The Morgan fingerprint density at radius 2 is 2.13 bits per heavy atom. The van der Waals surface area contributed by atoms with E-state index < -0.39 is 5.97 Å². The fourth-order valence-electron chi connectivity index (χ4n) is 2.07. The van der Waals surface area contributed by atoms with E-state index in [1.54, 1.807) is 19.2 Å². The highest BCUT2D eigenvalue weighted by Gasteiger charge is 2.17. The average molecular weight is 342 g/mol. The Morgan fingerprint density at radius 1 is 1.35 bits per heavy atom. The van der Waals surface area contributed by atoms with Gasteiger partial charge in [-0.05, 0) is 25.2 Å². The van der Waals surface area contributed by atoms with Gasteiger partial charge in [-0.15, -0.1) is 12.4 Å². The molecule has 9 heteroatoms. The van der Waals surface area contributed by atoms with Crippen LogP contribution in [0.1, 0.15) is 12.3 Å². The SMILES string of the molecule is CN(CCC(=O)O)Cc1nc(-c2ccc3c(c2)OCO3)no1.Cl. The summed E-state index contributed by atoms with van der Waals surface area (Å²) in [6.45, 7) is 1.02. The molecule has 0 saturated heterocycles. The van der Waals surface area contributed by atoms with Crippen LogP contribution in [0, 0.1) is 0 Å². The van der Waals surface area contributed by atoms with Crippen molar-refractivity contribution >= 4 is 18.4 Å². The third-order valence-corrected chi connectivity index (χ3v) is 3.21. The molecular weight excluding hydrogens is 326 g/mol. The van der Waals surface area contributed by atoms with Crippen molar-refractivity contribution in [3.05, 3.63) is 24.1 Å². The van der Waals surface area contributed by atoms with E-state index in [1.165, 1.54) is 0 Å². The fraction of sp³-hybridized carbons (Fsp3) is 0.357. The van der Waals surface area contributed by atoms with Gasteiger partial charge in [0.2, 0.25) is 18.5 Å². The van der Waals surface area contributed by atoms with E-state index in [2.05, 4.69) is 10.1 Å². The van der Waals surface area contributed by atoms with E-state index >= 15 is 0 Å². The third kappa shape index (κ3) is 4.11. The minimum atomic E-state index is -0.835. The van der Waals surface area contributed by atoms with Crippen LogP contribution in [0.15, 0.2) is 22.7 Å². The van der Waals surface area contributed by atoms with Gasteiger partial charge >= 0.3 is 5.97 Å². The van der Waals surface area contributed by atoms with Gasteiger partial charge in [0.05, 0.1) is 13.0 Å². The number of ether oxygens (including phenoxy) is 2. The number of carbonyl (C=O) groups is 1. The lowest BCUT2D eigenvalue weighted by Gasteiger charge is -2.11. The molecule has 8 nitrogen and oxygen atoms in total. The number of carboxylic acids is 1. The van der Waals surface area contributed by atoms with Gasteiger partial charge in [-0.1, -0.05) is 5.16 Å². The molecular formula is C14H16ClN3O5. The number of hydrogen-bond donors (Lipinski definition) is 1. The van der Waals surface area contributed by atoms with E-state index in [1.807, 2.05) is 11.0 Å². The molecule has 0 fully saturated rings. The van der Waals surface area contributed by atoms with Gasteiger partial charge in [0.1, 0.15) is 0 Å². The number of benzene rings is 1. The lowest BCUT2D eigenvalue weighted by atomic mass is 10.2. The molecule has 0 bridgehead atoms. The molecule has 0 aliphatic carbocycles. The summed E-state index contributed by atoms with van der Waals surface area (Å²) in [6, 6.07) is 5.42. The first-order valence-corrected chi connectivity index (χ1v) is 6.75. The molecule has 1 aliphatic rings. The maximum Gasteiger partial charge on any atom is 0.304 e. The molecule has 0 atom stereocenters. The summed E-state index contributed by atoms with van der Waals surface area (Å²) in [6.07, 6.45) is 0.0691. The molecule has 0 unspecified atom stereocenters. The molecule has 1 N–H and O–H groups in total. The highest BCUT2D eigenvalue weighted by molar-refractivity contribution is 5.85. The number of hydrogen-bond acceptors (Lipinski definition) is 7. The number of rotatable bonds is 6. The predicted octanol–water partition coefficient (Wildman–Crippen LogP) is 1.79. The molecule has 2 heterocycles. The minimum absolute atomic E-state index is 0. The monoisotopic (exact) mass is 341 g/mol. The van der Waals surface area contributed by atoms with Gasteiger partial charge in [0, 0.05) is 12.1 Å². The van der Waals surface area contributed by atoms with Crippen LogP contribution >= 0.6 is 12.4 Å². The second kappa shape index (κ2) is 7.30. The van der Waals surface area contributed by atoms with E-state index in [4.69, 9.17) is 19.1 Å². The number of fused-ring (bicyclic) bond motifs is 1. The first-order valence-electron chi connectivity index (χ1n) is 6.75. The number of halogens is 1. The first-order chi connectivity index (χ1) is 10.6. The van der Waals surface area contributed by atoms with Crippen molar-refractivity contribution in [1.82, 2.24) is 15.0 Å². The van der Waals surface area contributed by atoms with Crippen molar-refractivity contribution in [2.45, 2.75) is 13.0 Å². The maximum atomic E-state index is 10.5. The highest BCUT2D eigenvalue weighted by atomic mass is 35.5. The lowest BCUT2D eigenvalue weighted by molar-refractivity contribution is -0.137. The molecule has 1 aromatic heterocycles. The van der Waals surface area contributed by atoms with Crippen LogP contribution in [0.2, 0.25) is 0 Å². The van der Waals surface area contributed by atoms with Gasteiger partial charge in [-0.25, -0.2) is 0 Å². The summed E-state index contributed by atoms with van der Waals surface area (Å²) >= 11 is 0. The largest absolute Gasteiger partial charge is 0.481 e. The zero-order chi connectivity index (χ0) is 15.5. The van der Waals surface area contributed by atoms with Crippen LogP contribution in [0.5, 0.6) is 11.5 Å². The van der Waals surface area contributed by atoms with Crippen LogP contribution in [0.3, 0.4) is 0 Å². The van der Waals surface area contributed by atoms with Crippen molar-refractivity contribution < 1.29 is 23.9 Å². The molecule has 0 amide bonds. The predicted molar refractivity (Wildman–Crippen MR) is 81.7 cm³/mol. The number of aliphatic carboxylic acids is 1. The summed E-state index contributed by atoms with van der Waals surface area (Å²) in [5.74, 6) is 1.40. The Morgan fingerprint density at radius 3 is 2.91 bits per heavy atom. The average Bonchev–Trinajstić information content (AvgIpc) is 3.12. The molecule has 23 heavy (non-hydrogen) atoms. The van der Waals surface area contributed by atoms with Gasteiger partial charge in [0.15, 0.2) is 11.5 Å². The number of nitrogens with zero attached hydrogens (tertiary/aromatic N) is 3. The summed E-state index contributed by atoms with van der Waals surface area (Å²) < 4.78 is 15.8. The number of carboxylic acid groups (broad SMARTS) is 1. The van der Waals surface area contributed by atoms with E-state index in [9.17, 15) is 4.79 Å². The van der Waals surface area contributed by atoms with Gasteiger partial charge < -0.3 is 19.1 Å². The molecule has 2 aromatic rings. The van der Waals surface area contributed by atoms with Crippen LogP contribution in [0.4, 0.5) is 0 Å². The topological polar surface area (TPSA) is 97.9 Å². The maximum absolute atomic E-state index is 10.5. The minimum Gasteiger partial charge on any atom is -0.481 e. The van der Waals surface area contributed by atoms with Crippen LogP contribution < -0.4 is 9.47 Å². The summed E-state index contributed by atoms with van der Waals surface area (Å²) in [5, 5.41) is 12.6. The molecule has 124 valence electrons. The second-order valence-electron chi connectivity index (χ2n) is 4.96. The van der Waals surface area contributed by atoms with Crippen LogP contribution in [-0.2, 0) is 11.3 Å². The van der Waals surface area contributed by atoms with E-state index in [-0.39, 0.29) is 25.6 Å². The Labute approximate surface area is 138 Å². The smallest absolute Gasteiger partial charge is 0.304 e. The normalized spacial score (nSPS) is 12.3. The molecule has 0 radical (unpaired) electrons. The van der Waals surface area contributed by atoms with Crippen LogP contribution in [0.25, 0.3) is 11.4 Å². The van der Waals surface area contributed by atoms with Gasteiger partial charge in [-0.2, -0.15) is 4.98 Å². The Balaban J connectivity index is 0.00000192. The Kier molecular flexibility index (Phi) is 5.41. The van der Waals surface area contributed by atoms with Gasteiger partial charge in [0.25, 0.3) is 0 Å². The standard InChI is InChI=1S/C14H15N3O5.ClH/c1-17(5-4-13(18)19)7-12-15-14(16-22-12)9-2-3-10-11(6-9)21-8-20-10;/h2-3,6H,4-5,7-8H2,1H3,(H,18,19);1H. The van der Waals surface area contributed by atoms with E-state index in [0.29, 0.717) is 36.3 Å². The molecule has 1 aliphatic heterocycles. The summed E-state index contributed by atoms with van der Waals surface area (Å²) in [4.78, 5) is 16.7. The quantitative estimate of drug-likeness (QED) is 0.849. The van der Waals surface area contributed by atoms with Crippen molar-refractivity contribution in [2.75, 3.05) is 20.4 Å². The van der Waals surface area contributed by atoms with Crippen molar-refractivity contribution in [1.29, 1.82) is 0 Å². The zero-order valence-corrected chi connectivity index (χ0v) is 13.2. The lowest BCUT2D eigenvalue weighted by Crippen LogP contribution is -2.21. The van der Waals surface area contributed by atoms with Crippen molar-refractivity contribution in [3.8, 4) is 22.9 Å². The second-order valence-corrected chi connectivity index (χ2v) is 4.96. The Hall–Kier alpha value is -2.32. The molecule has 1 aromatic carbocycles. The van der Waals surface area contributed by atoms with Crippen molar-refractivity contribution in [3.63, 3.8) is 0 Å². The van der Waals surface area contributed by atoms with Crippen molar-refractivity contribution in [2.24, 2.45) is 0 Å². The zero-order valence-electron chi connectivity index (χ0n) is 12.4. The summed E-state index contributed by atoms with van der Waals surface area (Å²) in [7, 11) is 1.80. The first kappa shape index (κ1) is 17.0. The van der Waals surface area contributed by atoms with Gasteiger partial charge in [-0.3, -0.25) is 9.69 Å². The molecule has 0 spiro atoms. The Bertz CT molecular complexity index is 691.